The van der Waals surface area contributed by atoms with Gasteiger partial charge in [0.25, 0.3) is 5.91 Å². The molecule has 1 aliphatic rings. The number of carbonyl (C=O) groups excluding carboxylic acids is 2. The fourth-order valence-corrected chi connectivity index (χ4v) is 4.99. The van der Waals surface area contributed by atoms with Gasteiger partial charge in [-0.15, -0.1) is 0 Å². The number of hydrogen-bond donors (Lipinski definition) is 2. The third kappa shape index (κ3) is 6.60. The van der Waals surface area contributed by atoms with Crippen LogP contribution in [0.3, 0.4) is 0 Å². The standard InChI is InChI=1S/C33H31N5O3/c1-23(39)36-16-15-35-21-27-11-10-26(19-32(27)41-22-24-12-14-37-28(18-24)20-34)33(40)38-17-13-30-29(8-5-9-31(30)38)25-6-3-2-4-7-25/h2-12,14,18-19,35H,13,15-17,21-22H2,1H3,(H,36,39). The number of ether oxygens (including phenoxy) is 1. The third-order valence-electron chi connectivity index (χ3n) is 7.00. The molecule has 0 saturated heterocycles. The average molecular weight is 546 g/mol. The van der Waals surface area contributed by atoms with Gasteiger partial charge in [0.2, 0.25) is 5.91 Å². The van der Waals surface area contributed by atoms with Crippen LogP contribution in [-0.4, -0.2) is 36.4 Å². The lowest BCUT2D eigenvalue weighted by Gasteiger charge is -2.20. The van der Waals surface area contributed by atoms with Crippen LogP contribution >= 0.6 is 0 Å². The molecule has 206 valence electrons. The Kier molecular flexibility index (Phi) is 8.67. The number of fused-ring (bicyclic) bond motifs is 1. The summed E-state index contributed by atoms with van der Waals surface area (Å²) in [4.78, 5) is 30.8. The van der Waals surface area contributed by atoms with Crippen molar-refractivity contribution < 1.29 is 14.3 Å². The molecule has 1 aliphatic heterocycles. The molecule has 0 radical (unpaired) electrons. The van der Waals surface area contributed by atoms with Gasteiger partial charge in [-0.3, -0.25) is 9.59 Å². The first-order valence-electron chi connectivity index (χ1n) is 13.6. The number of amides is 2. The molecule has 1 aromatic heterocycles. The van der Waals surface area contributed by atoms with E-state index < -0.39 is 0 Å². The van der Waals surface area contributed by atoms with Crippen LogP contribution in [0, 0.1) is 11.3 Å². The lowest BCUT2D eigenvalue weighted by Crippen LogP contribution is -2.30. The van der Waals surface area contributed by atoms with Crippen molar-refractivity contribution in [3.8, 4) is 22.9 Å². The first-order chi connectivity index (χ1) is 20.0. The highest BCUT2D eigenvalue weighted by molar-refractivity contribution is 6.08. The first kappa shape index (κ1) is 27.6. The maximum absolute atomic E-state index is 13.8. The van der Waals surface area contributed by atoms with Crippen LogP contribution in [0.4, 0.5) is 5.69 Å². The zero-order valence-electron chi connectivity index (χ0n) is 22.9. The van der Waals surface area contributed by atoms with Crippen LogP contribution < -0.4 is 20.3 Å². The number of benzene rings is 3. The minimum absolute atomic E-state index is 0.0767. The highest BCUT2D eigenvalue weighted by Gasteiger charge is 2.28. The summed E-state index contributed by atoms with van der Waals surface area (Å²) in [5, 5.41) is 15.3. The lowest BCUT2D eigenvalue weighted by molar-refractivity contribution is -0.118. The summed E-state index contributed by atoms with van der Waals surface area (Å²) in [6.45, 7) is 3.91. The van der Waals surface area contributed by atoms with Gasteiger partial charge in [-0.05, 0) is 59.0 Å². The molecule has 0 fully saturated rings. The summed E-state index contributed by atoms with van der Waals surface area (Å²) < 4.78 is 6.20. The predicted octanol–water partition coefficient (Wildman–Crippen LogP) is 4.63. The second kappa shape index (κ2) is 12.9. The molecule has 3 aromatic carbocycles. The number of anilines is 1. The monoisotopic (exact) mass is 545 g/mol. The zero-order valence-corrected chi connectivity index (χ0v) is 22.9. The Hall–Kier alpha value is -5.00. The minimum atomic E-state index is -0.0837. The zero-order chi connectivity index (χ0) is 28.6. The van der Waals surface area contributed by atoms with Gasteiger partial charge < -0.3 is 20.3 Å². The van der Waals surface area contributed by atoms with E-state index in [-0.39, 0.29) is 18.4 Å². The summed E-state index contributed by atoms with van der Waals surface area (Å²) >= 11 is 0. The molecule has 5 rings (SSSR count). The van der Waals surface area contributed by atoms with E-state index in [0.29, 0.717) is 43.2 Å². The van der Waals surface area contributed by atoms with Crippen molar-refractivity contribution in [3.05, 3.63) is 113 Å². The predicted molar refractivity (Wildman–Crippen MR) is 157 cm³/mol. The number of aromatic nitrogens is 1. The normalized spacial score (nSPS) is 12.0. The Morgan fingerprint density at radius 2 is 1.88 bits per heavy atom. The van der Waals surface area contributed by atoms with Gasteiger partial charge in [-0.1, -0.05) is 48.5 Å². The molecule has 0 unspecified atom stereocenters. The molecule has 0 spiro atoms. The van der Waals surface area contributed by atoms with Gasteiger partial charge >= 0.3 is 0 Å². The molecule has 2 amide bonds. The van der Waals surface area contributed by atoms with Crippen molar-refractivity contribution in [2.75, 3.05) is 24.5 Å². The molecule has 8 nitrogen and oxygen atoms in total. The quantitative estimate of drug-likeness (QED) is 0.282. The van der Waals surface area contributed by atoms with Gasteiger partial charge in [0.05, 0.1) is 0 Å². The lowest BCUT2D eigenvalue weighted by atomic mass is 9.98. The van der Waals surface area contributed by atoms with Crippen LogP contribution in [0.2, 0.25) is 0 Å². The summed E-state index contributed by atoms with van der Waals surface area (Å²) in [5.41, 5.74) is 6.94. The smallest absolute Gasteiger partial charge is 0.258 e. The molecule has 0 atom stereocenters. The van der Waals surface area contributed by atoms with E-state index in [1.165, 1.54) is 12.5 Å². The number of pyridine rings is 1. The minimum Gasteiger partial charge on any atom is -0.489 e. The van der Waals surface area contributed by atoms with E-state index >= 15 is 0 Å². The fourth-order valence-electron chi connectivity index (χ4n) is 4.99. The molecule has 2 heterocycles. The summed E-state index contributed by atoms with van der Waals surface area (Å²) in [7, 11) is 0. The maximum atomic E-state index is 13.8. The number of hydrogen-bond acceptors (Lipinski definition) is 6. The van der Waals surface area contributed by atoms with E-state index in [1.54, 1.807) is 24.4 Å². The second-order valence-corrected chi connectivity index (χ2v) is 9.81. The number of nitriles is 1. The van der Waals surface area contributed by atoms with Crippen molar-refractivity contribution in [1.82, 2.24) is 15.6 Å². The molecule has 0 aliphatic carbocycles. The Morgan fingerprint density at radius 1 is 1.02 bits per heavy atom. The highest BCUT2D eigenvalue weighted by Crippen LogP contribution is 2.37. The van der Waals surface area contributed by atoms with Gasteiger partial charge in [0.15, 0.2) is 0 Å². The van der Waals surface area contributed by atoms with Gasteiger partial charge in [0.1, 0.15) is 24.1 Å². The van der Waals surface area contributed by atoms with E-state index in [4.69, 9.17) is 4.74 Å². The van der Waals surface area contributed by atoms with Crippen LogP contribution in [0.15, 0.2) is 85.1 Å². The number of nitrogens with one attached hydrogen (secondary N) is 2. The molecular weight excluding hydrogens is 514 g/mol. The summed E-state index contributed by atoms with van der Waals surface area (Å²) in [6, 6.07) is 27.4. The van der Waals surface area contributed by atoms with Crippen molar-refractivity contribution in [2.45, 2.75) is 26.5 Å². The van der Waals surface area contributed by atoms with Gasteiger partial charge in [0, 0.05) is 56.1 Å². The molecule has 4 aromatic rings. The van der Waals surface area contributed by atoms with Crippen LogP contribution in [0.1, 0.15) is 39.7 Å². The Bertz CT molecular complexity index is 1600. The largest absolute Gasteiger partial charge is 0.489 e. The van der Waals surface area contributed by atoms with Crippen molar-refractivity contribution in [2.24, 2.45) is 0 Å². The molecule has 0 bridgehead atoms. The molecule has 8 heteroatoms. The van der Waals surface area contributed by atoms with E-state index in [1.807, 2.05) is 53.4 Å². The summed E-state index contributed by atoms with van der Waals surface area (Å²) in [6.07, 6.45) is 2.37. The fraction of sp³-hybridized carbons (Fsp3) is 0.212. The number of carbonyl (C=O) groups is 2. The Morgan fingerprint density at radius 3 is 2.68 bits per heavy atom. The Labute approximate surface area is 239 Å². The topological polar surface area (TPSA) is 107 Å². The van der Waals surface area contributed by atoms with Crippen LogP contribution in [0.25, 0.3) is 11.1 Å². The van der Waals surface area contributed by atoms with Crippen molar-refractivity contribution in [3.63, 3.8) is 0 Å². The van der Waals surface area contributed by atoms with Crippen molar-refractivity contribution in [1.29, 1.82) is 5.26 Å². The number of nitrogens with zero attached hydrogens (tertiary/aromatic N) is 3. The SMILES string of the molecule is CC(=O)NCCNCc1ccc(C(=O)N2CCc3c(-c4ccccc4)cccc32)cc1OCc1ccnc(C#N)c1. The van der Waals surface area contributed by atoms with Crippen LogP contribution in [-0.2, 0) is 24.4 Å². The van der Waals surface area contributed by atoms with E-state index in [2.05, 4.69) is 33.8 Å². The third-order valence-corrected chi connectivity index (χ3v) is 7.00. The summed E-state index contributed by atoms with van der Waals surface area (Å²) in [5.74, 6) is 0.419. The van der Waals surface area contributed by atoms with Crippen molar-refractivity contribution >= 4 is 17.5 Å². The second-order valence-electron chi connectivity index (χ2n) is 9.81. The maximum Gasteiger partial charge on any atom is 0.258 e. The first-order valence-corrected chi connectivity index (χ1v) is 13.6. The Balaban J connectivity index is 1.38. The molecular formula is C33H31N5O3. The van der Waals surface area contributed by atoms with Crippen LogP contribution in [0.5, 0.6) is 5.75 Å². The molecule has 41 heavy (non-hydrogen) atoms. The van der Waals surface area contributed by atoms with E-state index in [0.717, 1.165) is 34.4 Å². The average Bonchev–Trinajstić information content (AvgIpc) is 3.44. The molecule has 2 N–H and O–H groups in total. The molecule has 0 saturated carbocycles. The number of rotatable bonds is 10. The van der Waals surface area contributed by atoms with E-state index in [9.17, 15) is 14.9 Å². The van der Waals surface area contributed by atoms with Gasteiger partial charge in [-0.25, -0.2) is 4.98 Å². The van der Waals surface area contributed by atoms with Gasteiger partial charge in [-0.2, -0.15) is 5.26 Å². The highest BCUT2D eigenvalue weighted by atomic mass is 16.5.